The number of nitrogens with zero attached hydrogens (tertiary/aromatic N) is 1. The van der Waals surface area contributed by atoms with E-state index in [0.717, 1.165) is 30.6 Å². The highest BCUT2D eigenvalue weighted by atomic mass is 32.2. The van der Waals surface area contributed by atoms with Gasteiger partial charge in [-0.3, -0.25) is 4.79 Å². The largest absolute Gasteiger partial charge is 0.492 e. The van der Waals surface area contributed by atoms with E-state index in [1.165, 1.54) is 12.1 Å². The molecule has 1 saturated heterocycles. The molecule has 1 unspecified atom stereocenters. The van der Waals surface area contributed by atoms with Gasteiger partial charge < -0.3 is 10.1 Å². The van der Waals surface area contributed by atoms with Gasteiger partial charge in [0.2, 0.25) is 10.0 Å². The highest BCUT2D eigenvalue weighted by molar-refractivity contribution is 7.89. The highest BCUT2D eigenvalue weighted by Gasteiger charge is 2.30. The molecule has 0 aromatic heterocycles. The van der Waals surface area contributed by atoms with Gasteiger partial charge in [0, 0.05) is 18.2 Å². The van der Waals surface area contributed by atoms with Crippen LogP contribution in [-0.4, -0.2) is 44.4 Å². The smallest absolute Gasteiger partial charge is 0.251 e. The van der Waals surface area contributed by atoms with Gasteiger partial charge in [0.1, 0.15) is 12.4 Å². The number of rotatable bonds is 7. The maximum Gasteiger partial charge on any atom is 0.251 e. The fourth-order valence-corrected chi connectivity index (χ4v) is 5.18. The molecule has 29 heavy (non-hydrogen) atoms. The van der Waals surface area contributed by atoms with Crippen molar-refractivity contribution in [1.82, 2.24) is 9.62 Å². The van der Waals surface area contributed by atoms with Gasteiger partial charge in [-0.25, -0.2) is 8.42 Å². The van der Waals surface area contributed by atoms with Crippen LogP contribution in [0.1, 0.15) is 42.1 Å². The summed E-state index contributed by atoms with van der Waals surface area (Å²) in [6.45, 7) is 5.20. The summed E-state index contributed by atoms with van der Waals surface area (Å²) in [5.41, 5.74) is 1.53. The molecule has 1 fully saturated rings. The van der Waals surface area contributed by atoms with Crippen molar-refractivity contribution in [3.8, 4) is 5.75 Å². The van der Waals surface area contributed by atoms with E-state index in [9.17, 15) is 13.2 Å². The molecule has 1 aliphatic heterocycles. The summed E-state index contributed by atoms with van der Waals surface area (Å²) in [6.07, 6.45) is 2.82. The number of hydrogen-bond acceptors (Lipinski definition) is 4. The number of nitrogens with one attached hydrogen (secondary N) is 1. The third-order valence-electron chi connectivity index (χ3n) is 5.11. The molecule has 7 heteroatoms. The zero-order chi connectivity index (χ0) is 20.9. The molecular weight excluding hydrogens is 388 g/mol. The van der Waals surface area contributed by atoms with Crippen LogP contribution < -0.4 is 10.1 Å². The van der Waals surface area contributed by atoms with E-state index in [4.69, 9.17) is 4.74 Å². The van der Waals surface area contributed by atoms with Crippen molar-refractivity contribution in [2.75, 3.05) is 19.7 Å². The Bertz CT molecular complexity index is 942. The topological polar surface area (TPSA) is 75.7 Å². The minimum atomic E-state index is -3.53. The van der Waals surface area contributed by atoms with Crippen molar-refractivity contribution < 1.29 is 17.9 Å². The minimum Gasteiger partial charge on any atom is -0.492 e. The predicted octanol–water partition coefficient (Wildman–Crippen LogP) is 3.37. The molecule has 2 aromatic rings. The summed E-state index contributed by atoms with van der Waals surface area (Å²) in [4.78, 5) is 12.5. The lowest BCUT2D eigenvalue weighted by Crippen LogP contribution is -2.41. The van der Waals surface area contributed by atoms with Gasteiger partial charge in [-0.2, -0.15) is 4.31 Å². The van der Waals surface area contributed by atoms with Crippen LogP contribution in [0.5, 0.6) is 5.75 Å². The van der Waals surface area contributed by atoms with Crippen LogP contribution in [0.15, 0.2) is 53.4 Å². The second kappa shape index (κ2) is 9.41. The summed E-state index contributed by atoms with van der Waals surface area (Å²) in [6, 6.07) is 13.8. The van der Waals surface area contributed by atoms with Crippen molar-refractivity contribution in [1.29, 1.82) is 0 Å². The molecule has 1 aliphatic rings. The van der Waals surface area contributed by atoms with Crippen molar-refractivity contribution >= 4 is 15.9 Å². The molecular formula is C22H28N2O4S. The monoisotopic (exact) mass is 416 g/mol. The van der Waals surface area contributed by atoms with E-state index in [1.807, 2.05) is 38.1 Å². The molecule has 2 aromatic carbocycles. The first-order valence-corrected chi connectivity index (χ1v) is 11.4. The molecule has 1 amide bonds. The Morgan fingerprint density at radius 3 is 2.62 bits per heavy atom. The fraction of sp³-hybridized carbons (Fsp3) is 0.409. The summed E-state index contributed by atoms with van der Waals surface area (Å²) >= 11 is 0. The van der Waals surface area contributed by atoms with Gasteiger partial charge in [0.15, 0.2) is 0 Å². The predicted molar refractivity (Wildman–Crippen MR) is 113 cm³/mol. The number of sulfonamides is 1. The van der Waals surface area contributed by atoms with E-state index in [-0.39, 0.29) is 16.8 Å². The van der Waals surface area contributed by atoms with Gasteiger partial charge in [-0.15, -0.1) is 0 Å². The Balaban J connectivity index is 1.54. The third-order valence-corrected chi connectivity index (χ3v) is 7.14. The summed E-state index contributed by atoms with van der Waals surface area (Å²) in [5, 5.41) is 2.79. The number of carbonyl (C=O) groups excluding carboxylic acids is 1. The average Bonchev–Trinajstić information content (AvgIpc) is 2.71. The molecule has 156 valence electrons. The van der Waals surface area contributed by atoms with Crippen LogP contribution in [0, 0.1) is 6.92 Å². The summed E-state index contributed by atoms with van der Waals surface area (Å²) in [7, 11) is -3.53. The first kappa shape index (κ1) is 21.3. The van der Waals surface area contributed by atoms with E-state index in [0.29, 0.717) is 25.3 Å². The van der Waals surface area contributed by atoms with Crippen molar-refractivity contribution in [3.63, 3.8) is 0 Å². The van der Waals surface area contributed by atoms with Crippen LogP contribution in [-0.2, 0) is 10.0 Å². The zero-order valence-corrected chi connectivity index (χ0v) is 17.7. The Morgan fingerprint density at radius 2 is 1.93 bits per heavy atom. The average molecular weight is 417 g/mol. The molecule has 0 saturated carbocycles. The van der Waals surface area contributed by atoms with Crippen LogP contribution in [0.4, 0.5) is 0 Å². The van der Waals surface area contributed by atoms with Crippen LogP contribution in [0.3, 0.4) is 0 Å². The van der Waals surface area contributed by atoms with E-state index in [2.05, 4.69) is 5.32 Å². The molecule has 1 atom stereocenters. The molecule has 0 bridgehead atoms. The maximum absolute atomic E-state index is 12.9. The maximum atomic E-state index is 12.9. The van der Waals surface area contributed by atoms with Crippen LogP contribution >= 0.6 is 0 Å². The van der Waals surface area contributed by atoms with E-state index >= 15 is 0 Å². The number of hydrogen-bond donors (Lipinski definition) is 1. The second-order valence-electron chi connectivity index (χ2n) is 7.41. The third kappa shape index (κ3) is 5.36. The van der Waals surface area contributed by atoms with Crippen LogP contribution in [0.2, 0.25) is 0 Å². The first-order chi connectivity index (χ1) is 13.9. The van der Waals surface area contributed by atoms with Crippen LogP contribution in [0.25, 0.3) is 0 Å². The Hall–Kier alpha value is -2.38. The summed E-state index contributed by atoms with van der Waals surface area (Å²) < 4.78 is 32.9. The zero-order valence-electron chi connectivity index (χ0n) is 16.9. The van der Waals surface area contributed by atoms with Gasteiger partial charge in [0.05, 0.1) is 11.4 Å². The van der Waals surface area contributed by atoms with Gasteiger partial charge >= 0.3 is 0 Å². The standard InChI is InChI=1S/C22H28N2O4S/c1-17-6-5-8-20(16-17)28-15-13-23-22(25)19-9-11-21(12-10-19)29(26,27)24-14-4-3-7-18(24)2/h5-6,8-12,16,18H,3-4,7,13-15H2,1-2H3,(H,23,25). The number of ether oxygens (including phenoxy) is 1. The Kier molecular flexibility index (Phi) is 6.92. The Morgan fingerprint density at radius 1 is 1.17 bits per heavy atom. The van der Waals surface area contributed by atoms with Gasteiger partial charge in [-0.1, -0.05) is 18.6 Å². The lowest BCUT2D eigenvalue weighted by atomic mass is 10.1. The number of amides is 1. The number of benzene rings is 2. The molecule has 1 N–H and O–H groups in total. The molecule has 1 heterocycles. The SMILES string of the molecule is Cc1cccc(OCCNC(=O)c2ccc(S(=O)(=O)N3CCCCC3C)cc2)c1. The lowest BCUT2D eigenvalue weighted by molar-refractivity contribution is 0.0947. The molecule has 6 nitrogen and oxygen atoms in total. The van der Waals surface area contributed by atoms with Crippen molar-refractivity contribution in [3.05, 3.63) is 59.7 Å². The number of piperidine rings is 1. The number of carbonyl (C=O) groups is 1. The molecule has 3 rings (SSSR count). The number of aryl methyl sites for hydroxylation is 1. The fourth-order valence-electron chi connectivity index (χ4n) is 3.48. The van der Waals surface area contributed by atoms with Crippen molar-refractivity contribution in [2.24, 2.45) is 0 Å². The molecule has 0 aliphatic carbocycles. The first-order valence-electron chi connectivity index (χ1n) is 9.97. The van der Waals surface area contributed by atoms with E-state index < -0.39 is 10.0 Å². The van der Waals surface area contributed by atoms with Crippen molar-refractivity contribution in [2.45, 2.75) is 44.0 Å². The summed E-state index contributed by atoms with van der Waals surface area (Å²) in [5.74, 6) is 0.508. The molecule has 0 spiro atoms. The van der Waals surface area contributed by atoms with Gasteiger partial charge in [-0.05, 0) is 68.7 Å². The molecule has 0 radical (unpaired) electrons. The Labute approximate surface area is 172 Å². The van der Waals surface area contributed by atoms with Gasteiger partial charge in [0.25, 0.3) is 5.91 Å². The minimum absolute atomic E-state index is 0.00475. The normalized spacial score (nSPS) is 17.7. The lowest BCUT2D eigenvalue weighted by Gasteiger charge is -2.32. The second-order valence-corrected chi connectivity index (χ2v) is 9.30. The quantitative estimate of drug-likeness (QED) is 0.702. The highest BCUT2D eigenvalue weighted by Crippen LogP contribution is 2.25. The van der Waals surface area contributed by atoms with E-state index in [1.54, 1.807) is 16.4 Å².